The Bertz CT molecular complexity index is 2400. The molecule has 4 aromatic rings. The molecule has 0 bridgehead atoms. The molecule has 1 saturated heterocycles. The number of methoxy groups -OCH3 is 2. The van der Waals surface area contributed by atoms with Crippen LogP contribution in [-0.4, -0.2) is 96.6 Å². The third-order valence-electron chi connectivity index (χ3n) is 12.7. The van der Waals surface area contributed by atoms with Crippen molar-refractivity contribution in [2.24, 2.45) is 11.8 Å². The summed E-state index contributed by atoms with van der Waals surface area (Å²) in [6.45, 7) is 0.994. The predicted molar refractivity (Wildman–Crippen MR) is 226 cm³/mol. The Morgan fingerprint density at radius 3 is 2.15 bits per heavy atom. The van der Waals surface area contributed by atoms with E-state index in [1.165, 1.54) is 14.2 Å². The molecular formula is C44H54N8O9S. The van der Waals surface area contributed by atoms with Gasteiger partial charge in [0.15, 0.2) is 0 Å². The number of nitrogens with one attached hydrogen (secondary N) is 5. The van der Waals surface area contributed by atoms with Crippen LogP contribution < -0.4 is 20.7 Å². The molecule has 17 nitrogen and oxygen atoms in total. The number of aryl methyl sites for hydroxylation is 1. The van der Waals surface area contributed by atoms with Gasteiger partial charge in [0.05, 0.1) is 44.0 Å². The maximum Gasteiger partial charge on any atom is 0.407 e. The van der Waals surface area contributed by atoms with Crippen LogP contribution in [0.5, 0.6) is 11.5 Å². The van der Waals surface area contributed by atoms with E-state index in [4.69, 9.17) is 14.2 Å². The average molecular weight is 871 g/mol. The normalized spacial score (nSPS) is 19.2. The number of ether oxygens (including phenoxy) is 3. The Morgan fingerprint density at radius 2 is 1.42 bits per heavy atom. The summed E-state index contributed by atoms with van der Waals surface area (Å²) < 4.78 is 43.9. The first-order chi connectivity index (χ1) is 30.0. The number of likely N-dealkylation sites (tertiary alicyclic amines) is 1. The number of H-pyrrole nitrogens is 2. The van der Waals surface area contributed by atoms with Crippen LogP contribution in [0.25, 0.3) is 22.5 Å². The molecule has 330 valence electrons. The standard InChI is InChI=1S/C44H54N8O9S/c1-59-43(55)50-38(26-10-3-4-11-26)41(53)45-20-8-7-15-37-46-24-30(48-37)28-17-19-35-34(22-28)61-33-18-16-29(23-36(33)62(35,57)58)31-25-47-40(49-31)32-14-9-21-52(32)42(54)39(51-44(56)60-2)27-12-5-6-13-27/h16-19,22-27,32,38-39H,3-15,20-21H2,1-2H3,(H,45,53)(H,46,48)(H,47,49)(H,50,55)(H,51,56)/t32-,38-,39-/m0/s1. The Kier molecular flexibility index (Phi) is 12.8. The second-order valence-corrected chi connectivity index (χ2v) is 18.5. The highest BCUT2D eigenvalue weighted by Gasteiger charge is 2.41. The third-order valence-corrected chi connectivity index (χ3v) is 14.5. The topological polar surface area (TPSA) is 227 Å². The Hall–Kier alpha value is -5.91. The molecule has 4 heterocycles. The van der Waals surface area contributed by atoms with Crippen molar-refractivity contribution in [2.45, 2.75) is 111 Å². The number of alkyl carbamates (subject to hydrolysis) is 2. The summed E-state index contributed by atoms with van der Waals surface area (Å²) in [5.41, 5.74) is 2.61. The fourth-order valence-corrected chi connectivity index (χ4v) is 10.9. The molecule has 3 fully saturated rings. The van der Waals surface area contributed by atoms with Crippen molar-refractivity contribution in [1.29, 1.82) is 0 Å². The van der Waals surface area contributed by atoms with Gasteiger partial charge >= 0.3 is 12.2 Å². The van der Waals surface area contributed by atoms with Crippen LogP contribution >= 0.6 is 0 Å². The third kappa shape index (κ3) is 9.01. The van der Waals surface area contributed by atoms with E-state index in [1.807, 2.05) is 0 Å². The van der Waals surface area contributed by atoms with Crippen LogP contribution in [0.4, 0.5) is 9.59 Å². The van der Waals surface area contributed by atoms with E-state index >= 15 is 0 Å². The number of carbonyl (C=O) groups excluding carboxylic acids is 4. The fraction of sp³-hybridized carbons (Fsp3) is 0.500. The lowest BCUT2D eigenvalue weighted by Crippen LogP contribution is -2.51. The lowest BCUT2D eigenvalue weighted by molar-refractivity contribution is -0.135. The number of aromatic nitrogens is 4. The SMILES string of the molecule is COC(=O)N[C@H](C(=O)NCCCCc1ncc(-c2ccc3c(c2)Oc2ccc(-c4cnc([C@@H]5CCCN5C(=O)[C@@H](NC(=O)OC)C5CCCC5)[nH]4)cc2S3(=O)=O)[nH]1)C1CCCC1. The van der Waals surface area contributed by atoms with Gasteiger partial charge in [-0.2, -0.15) is 0 Å². The number of nitrogens with zero attached hydrogens (tertiary/aromatic N) is 3. The van der Waals surface area contributed by atoms with Gasteiger partial charge in [-0.25, -0.2) is 28.0 Å². The molecule has 2 saturated carbocycles. The van der Waals surface area contributed by atoms with Crippen molar-refractivity contribution in [3.63, 3.8) is 0 Å². The number of imidazole rings is 2. The zero-order valence-corrected chi connectivity index (χ0v) is 35.9. The Labute approximate surface area is 360 Å². The summed E-state index contributed by atoms with van der Waals surface area (Å²) in [5, 5.41) is 8.46. The molecule has 2 aromatic carbocycles. The Balaban J connectivity index is 0.891. The number of hydrogen-bond donors (Lipinski definition) is 5. The first-order valence-electron chi connectivity index (χ1n) is 21.6. The number of aromatic amines is 2. The summed E-state index contributed by atoms with van der Waals surface area (Å²) in [5.74, 6) is 1.56. The maximum absolute atomic E-state index is 14.1. The number of rotatable bonds is 14. The van der Waals surface area contributed by atoms with Gasteiger partial charge < -0.3 is 45.0 Å². The largest absolute Gasteiger partial charge is 0.455 e. The van der Waals surface area contributed by atoms with Crippen LogP contribution in [0.2, 0.25) is 0 Å². The van der Waals surface area contributed by atoms with Crippen molar-refractivity contribution >= 4 is 33.8 Å². The van der Waals surface area contributed by atoms with Crippen molar-refractivity contribution in [3.8, 4) is 34.0 Å². The van der Waals surface area contributed by atoms with Crippen LogP contribution in [-0.2, 0) is 35.3 Å². The number of sulfone groups is 1. The van der Waals surface area contributed by atoms with Crippen LogP contribution in [0.15, 0.2) is 58.6 Å². The number of amides is 4. The molecule has 0 radical (unpaired) electrons. The number of benzene rings is 2. The van der Waals surface area contributed by atoms with Gasteiger partial charge in [-0.3, -0.25) is 9.59 Å². The number of unbranched alkanes of at least 4 members (excludes halogenated alkanes) is 1. The lowest BCUT2D eigenvalue weighted by Gasteiger charge is -2.31. The summed E-state index contributed by atoms with van der Waals surface area (Å²) in [7, 11) is -1.39. The van der Waals surface area contributed by atoms with Gasteiger partial charge in [0.2, 0.25) is 21.7 Å². The first-order valence-corrected chi connectivity index (χ1v) is 23.1. The maximum atomic E-state index is 14.1. The number of hydrogen-bond acceptors (Lipinski definition) is 11. The molecule has 2 aliphatic heterocycles. The smallest absolute Gasteiger partial charge is 0.407 e. The fourth-order valence-electron chi connectivity index (χ4n) is 9.44. The quantitative estimate of drug-likeness (QED) is 0.0774. The molecule has 2 aromatic heterocycles. The molecule has 62 heavy (non-hydrogen) atoms. The predicted octanol–water partition coefficient (Wildman–Crippen LogP) is 6.34. The van der Waals surface area contributed by atoms with E-state index in [-0.39, 0.29) is 51.0 Å². The molecule has 8 rings (SSSR count). The van der Waals surface area contributed by atoms with E-state index in [0.717, 1.165) is 70.0 Å². The van der Waals surface area contributed by atoms with E-state index in [2.05, 4.69) is 35.9 Å². The second kappa shape index (κ2) is 18.6. The van der Waals surface area contributed by atoms with Crippen molar-refractivity contribution in [3.05, 3.63) is 60.4 Å². The van der Waals surface area contributed by atoms with Gasteiger partial charge in [0.1, 0.15) is 45.0 Å². The second-order valence-electron chi connectivity index (χ2n) is 16.6. The van der Waals surface area contributed by atoms with E-state index in [1.54, 1.807) is 53.7 Å². The molecule has 0 unspecified atom stereocenters. The number of carbonyl (C=O) groups is 4. The van der Waals surface area contributed by atoms with E-state index in [0.29, 0.717) is 60.7 Å². The molecule has 5 N–H and O–H groups in total. The molecular weight excluding hydrogens is 817 g/mol. The minimum atomic E-state index is -3.97. The molecule has 4 aliphatic rings. The van der Waals surface area contributed by atoms with Crippen molar-refractivity contribution in [2.75, 3.05) is 27.3 Å². The number of fused-ring (bicyclic) bond motifs is 2. The molecule has 2 aliphatic carbocycles. The van der Waals surface area contributed by atoms with Crippen LogP contribution in [0, 0.1) is 11.8 Å². The highest BCUT2D eigenvalue weighted by Crippen LogP contribution is 2.45. The van der Waals surface area contributed by atoms with Crippen molar-refractivity contribution < 1.29 is 41.8 Å². The minimum absolute atomic E-state index is 0.0335. The van der Waals surface area contributed by atoms with Crippen molar-refractivity contribution in [1.82, 2.24) is 40.8 Å². The monoisotopic (exact) mass is 870 g/mol. The summed E-state index contributed by atoms with van der Waals surface area (Å²) in [4.78, 5) is 68.7. The van der Waals surface area contributed by atoms with Gasteiger partial charge in [-0.1, -0.05) is 31.7 Å². The summed E-state index contributed by atoms with van der Waals surface area (Å²) in [6.07, 6.45) is 13.3. The van der Waals surface area contributed by atoms with Crippen LogP contribution in [0.1, 0.15) is 94.7 Å². The van der Waals surface area contributed by atoms with Gasteiger partial charge in [-0.15, -0.1) is 0 Å². The Morgan fingerprint density at radius 1 is 0.774 bits per heavy atom. The van der Waals surface area contributed by atoms with Gasteiger partial charge in [0.25, 0.3) is 0 Å². The van der Waals surface area contributed by atoms with Gasteiger partial charge in [-0.05, 0) is 93.5 Å². The minimum Gasteiger partial charge on any atom is -0.455 e. The van der Waals surface area contributed by atoms with E-state index in [9.17, 15) is 27.6 Å². The highest BCUT2D eigenvalue weighted by atomic mass is 32.2. The summed E-state index contributed by atoms with van der Waals surface area (Å²) in [6, 6.07) is 8.33. The lowest BCUT2D eigenvalue weighted by atomic mass is 9.96. The molecule has 0 spiro atoms. The first kappa shape index (κ1) is 42.8. The zero-order valence-electron chi connectivity index (χ0n) is 35.0. The van der Waals surface area contributed by atoms with Gasteiger partial charge in [0, 0.05) is 30.6 Å². The molecule has 4 amide bonds. The van der Waals surface area contributed by atoms with Crippen LogP contribution in [0.3, 0.4) is 0 Å². The summed E-state index contributed by atoms with van der Waals surface area (Å²) >= 11 is 0. The molecule has 3 atom stereocenters. The van der Waals surface area contributed by atoms with E-state index < -0.39 is 34.1 Å². The zero-order chi connectivity index (χ0) is 43.4. The average Bonchev–Trinajstić information content (AvgIpc) is 4.14. The molecule has 18 heteroatoms. The highest BCUT2D eigenvalue weighted by molar-refractivity contribution is 7.91.